The van der Waals surface area contributed by atoms with Crippen molar-refractivity contribution in [2.45, 2.75) is 32.7 Å². The van der Waals surface area contributed by atoms with E-state index in [9.17, 15) is 4.79 Å². The van der Waals surface area contributed by atoms with Gasteiger partial charge < -0.3 is 15.5 Å². The van der Waals surface area contributed by atoms with Gasteiger partial charge in [0.1, 0.15) is 6.04 Å². The summed E-state index contributed by atoms with van der Waals surface area (Å²) in [6.45, 7) is 7.35. The average Bonchev–Trinajstić information content (AvgIpc) is 3.04. The topological polar surface area (TPSA) is 44.4 Å². The van der Waals surface area contributed by atoms with E-state index in [0.29, 0.717) is 0 Å². The fourth-order valence-corrected chi connectivity index (χ4v) is 3.25. The van der Waals surface area contributed by atoms with Gasteiger partial charge in [-0.05, 0) is 31.0 Å². The zero-order valence-corrected chi connectivity index (χ0v) is 12.3. The molecule has 0 radical (unpaired) electrons. The van der Waals surface area contributed by atoms with E-state index >= 15 is 0 Å². The Morgan fingerprint density at radius 2 is 2.25 bits per heavy atom. The molecule has 1 amide bonds. The van der Waals surface area contributed by atoms with Gasteiger partial charge in [-0.3, -0.25) is 4.79 Å². The van der Waals surface area contributed by atoms with Crippen LogP contribution in [0, 0.1) is 5.92 Å². The van der Waals surface area contributed by atoms with E-state index in [4.69, 9.17) is 0 Å². The second kappa shape index (κ2) is 5.44. The minimum absolute atomic E-state index is 0.0619. The van der Waals surface area contributed by atoms with Crippen LogP contribution < -0.4 is 15.5 Å². The first-order valence-electron chi connectivity index (χ1n) is 7.66. The summed E-state index contributed by atoms with van der Waals surface area (Å²) in [4.78, 5) is 14.4. The quantitative estimate of drug-likeness (QED) is 0.886. The lowest BCUT2D eigenvalue weighted by molar-refractivity contribution is -0.117. The highest BCUT2D eigenvalue weighted by molar-refractivity contribution is 6.03. The van der Waals surface area contributed by atoms with Crippen LogP contribution in [0.15, 0.2) is 18.2 Å². The number of carbonyl (C=O) groups excluding carboxylic acids is 1. The molecule has 3 rings (SSSR count). The van der Waals surface area contributed by atoms with E-state index < -0.39 is 0 Å². The maximum Gasteiger partial charge on any atom is 0.246 e. The monoisotopic (exact) mass is 273 g/mol. The van der Waals surface area contributed by atoms with Gasteiger partial charge >= 0.3 is 0 Å². The molecule has 2 N–H and O–H groups in total. The molecule has 2 unspecified atom stereocenters. The molecule has 4 heteroatoms. The molecule has 1 aromatic rings. The number of anilines is 2. The van der Waals surface area contributed by atoms with Gasteiger partial charge in [0.15, 0.2) is 0 Å². The van der Waals surface area contributed by atoms with Gasteiger partial charge in [-0.15, -0.1) is 0 Å². The molecule has 4 nitrogen and oxygen atoms in total. The number of benzene rings is 1. The maximum absolute atomic E-state index is 12.0. The van der Waals surface area contributed by atoms with Crippen LogP contribution in [0.2, 0.25) is 0 Å². The summed E-state index contributed by atoms with van der Waals surface area (Å²) in [5.74, 6) is 0.874. The van der Waals surface area contributed by atoms with Crippen LogP contribution in [-0.2, 0) is 4.79 Å². The number of rotatable bonds is 4. The molecule has 2 heterocycles. The summed E-state index contributed by atoms with van der Waals surface area (Å²) in [6, 6.07) is 6.19. The molecule has 1 aromatic carbocycles. The average molecular weight is 273 g/mol. The van der Waals surface area contributed by atoms with Crippen LogP contribution in [0.1, 0.15) is 38.3 Å². The van der Waals surface area contributed by atoms with Gasteiger partial charge in [0, 0.05) is 30.0 Å². The van der Waals surface area contributed by atoms with Crippen molar-refractivity contribution in [3.63, 3.8) is 0 Å². The first-order chi connectivity index (χ1) is 9.72. The molecular weight excluding hydrogens is 250 g/mol. The number of nitrogens with zero attached hydrogens (tertiary/aromatic N) is 1. The number of carbonyl (C=O) groups is 1. The minimum Gasteiger partial charge on any atom is -0.371 e. The molecule has 108 valence electrons. The smallest absolute Gasteiger partial charge is 0.246 e. The van der Waals surface area contributed by atoms with E-state index in [0.717, 1.165) is 36.8 Å². The lowest BCUT2D eigenvalue weighted by Crippen LogP contribution is -2.27. The third-order valence-electron chi connectivity index (χ3n) is 4.50. The molecule has 2 aliphatic rings. The highest BCUT2D eigenvalue weighted by Crippen LogP contribution is 2.35. The molecule has 1 saturated heterocycles. The van der Waals surface area contributed by atoms with Crippen molar-refractivity contribution in [2.24, 2.45) is 5.92 Å². The Bertz CT molecular complexity index is 514. The van der Waals surface area contributed by atoms with Gasteiger partial charge in [-0.25, -0.2) is 0 Å². The third-order valence-corrected chi connectivity index (χ3v) is 4.50. The van der Waals surface area contributed by atoms with Crippen molar-refractivity contribution in [3.8, 4) is 0 Å². The predicted octanol–water partition coefficient (Wildman–Crippen LogP) is 2.53. The summed E-state index contributed by atoms with van der Waals surface area (Å²) < 4.78 is 0. The zero-order chi connectivity index (χ0) is 14.1. The fraction of sp³-hybridized carbons (Fsp3) is 0.562. The molecule has 0 aliphatic carbocycles. The van der Waals surface area contributed by atoms with E-state index in [-0.39, 0.29) is 11.9 Å². The van der Waals surface area contributed by atoms with Crippen LogP contribution in [0.25, 0.3) is 0 Å². The third kappa shape index (κ3) is 2.29. The molecule has 1 fully saturated rings. The van der Waals surface area contributed by atoms with Gasteiger partial charge in [-0.1, -0.05) is 26.3 Å². The molecule has 0 aromatic heterocycles. The van der Waals surface area contributed by atoms with Crippen LogP contribution >= 0.6 is 0 Å². The van der Waals surface area contributed by atoms with Crippen molar-refractivity contribution < 1.29 is 4.79 Å². The molecule has 2 aliphatic heterocycles. The van der Waals surface area contributed by atoms with Crippen molar-refractivity contribution in [3.05, 3.63) is 23.8 Å². The molecule has 0 spiro atoms. The van der Waals surface area contributed by atoms with E-state index in [2.05, 4.69) is 40.7 Å². The number of fused-ring (bicyclic) bond motifs is 1. The van der Waals surface area contributed by atoms with Gasteiger partial charge in [0.25, 0.3) is 0 Å². The molecule has 2 atom stereocenters. The summed E-state index contributed by atoms with van der Waals surface area (Å²) in [7, 11) is 0. The zero-order valence-electron chi connectivity index (χ0n) is 12.3. The maximum atomic E-state index is 12.0. The van der Waals surface area contributed by atoms with Crippen molar-refractivity contribution in [1.82, 2.24) is 5.32 Å². The first-order valence-corrected chi connectivity index (χ1v) is 7.66. The number of hydrogen-bond donors (Lipinski definition) is 2. The van der Waals surface area contributed by atoms with Gasteiger partial charge in [-0.2, -0.15) is 0 Å². The van der Waals surface area contributed by atoms with Gasteiger partial charge in [0.05, 0.1) is 0 Å². The minimum atomic E-state index is -0.189. The lowest BCUT2D eigenvalue weighted by Gasteiger charge is -2.19. The Morgan fingerprint density at radius 1 is 1.40 bits per heavy atom. The van der Waals surface area contributed by atoms with E-state index in [1.165, 1.54) is 18.5 Å². The largest absolute Gasteiger partial charge is 0.371 e. The van der Waals surface area contributed by atoms with Crippen LogP contribution in [-0.4, -0.2) is 25.5 Å². The highest BCUT2D eigenvalue weighted by atomic mass is 16.2. The number of hydrogen-bond acceptors (Lipinski definition) is 3. The second-order valence-electron chi connectivity index (χ2n) is 5.76. The van der Waals surface area contributed by atoms with Crippen LogP contribution in [0.5, 0.6) is 0 Å². The standard InChI is InChI=1S/C16H23N3O/c1-3-11-7-8-19(10-11)12-5-6-13-14(9-12)18-16(20)15(13)17-4-2/h5-6,9,11,15,17H,3-4,7-8,10H2,1-2H3,(H,18,20). The fourth-order valence-electron chi connectivity index (χ4n) is 3.25. The lowest BCUT2D eigenvalue weighted by atomic mass is 10.1. The highest BCUT2D eigenvalue weighted by Gasteiger charge is 2.30. The Balaban J connectivity index is 1.81. The number of likely N-dealkylation sites (N-methyl/N-ethyl adjacent to an activating group) is 1. The normalized spacial score (nSPS) is 24.9. The van der Waals surface area contributed by atoms with E-state index in [1.54, 1.807) is 0 Å². The molecule has 0 saturated carbocycles. The van der Waals surface area contributed by atoms with Crippen LogP contribution in [0.4, 0.5) is 11.4 Å². The predicted molar refractivity (Wildman–Crippen MR) is 82.1 cm³/mol. The number of nitrogens with one attached hydrogen (secondary N) is 2. The van der Waals surface area contributed by atoms with Crippen molar-refractivity contribution in [1.29, 1.82) is 0 Å². The summed E-state index contributed by atoms with van der Waals surface area (Å²) in [5.41, 5.74) is 3.28. The number of amides is 1. The summed E-state index contributed by atoms with van der Waals surface area (Å²) >= 11 is 0. The van der Waals surface area contributed by atoms with Crippen LogP contribution in [0.3, 0.4) is 0 Å². The van der Waals surface area contributed by atoms with E-state index in [1.807, 2.05) is 6.92 Å². The second-order valence-corrected chi connectivity index (χ2v) is 5.76. The molecule has 0 bridgehead atoms. The summed E-state index contributed by atoms with van der Waals surface area (Å²) in [6.07, 6.45) is 2.53. The van der Waals surface area contributed by atoms with Crippen molar-refractivity contribution in [2.75, 3.05) is 29.9 Å². The first kappa shape index (κ1) is 13.4. The van der Waals surface area contributed by atoms with Crippen molar-refractivity contribution >= 4 is 17.3 Å². The Morgan fingerprint density at radius 3 is 2.95 bits per heavy atom. The molecule has 20 heavy (non-hydrogen) atoms. The SMILES string of the molecule is CCNC1C(=O)Nc2cc(N3CCC(CC)C3)ccc21. The Labute approximate surface area is 120 Å². The Hall–Kier alpha value is -1.55. The van der Waals surface area contributed by atoms with Gasteiger partial charge in [0.2, 0.25) is 5.91 Å². The molecular formula is C16H23N3O. The summed E-state index contributed by atoms with van der Waals surface area (Å²) in [5, 5.41) is 6.22. The Kier molecular flexibility index (Phi) is 3.66.